The number of amides is 2. The molecule has 0 aromatic heterocycles. The third-order valence-corrected chi connectivity index (χ3v) is 4.19. The molecule has 8 nitrogen and oxygen atoms in total. The maximum Gasteiger partial charge on any atom is 0.410 e. The van der Waals surface area contributed by atoms with Crippen LogP contribution in [0.2, 0.25) is 0 Å². The van der Waals surface area contributed by atoms with Gasteiger partial charge in [0.15, 0.2) is 0 Å². The van der Waals surface area contributed by atoms with Crippen LogP contribution < -0.4 is 0 Å². The lowest BCUT2D eigenvalue weighted by Gasteiger charge is -2.36. The predicted molar refractivity (Wildman–Crippen MR) is 96.6 cm³/mol. The SMILES string of the molecule is CC(C(=O)N1CCN(C(=O)OCc2ccccc2)CC1)N(C)C.O=CO. The van der Waals surface area contributed by atoms with Crippen LogP contribution in [0.1, 0.15) is 12.5 Å². The molecule has 2 amide bonds. The van der Waals surface area contributed by atoms with E-state index in [4.69, 9.17) is 14.6 Å². The van der Waals surface area contributed by atoms with Crippen LogP contribution in [0.25, 0.3) is 0 Å². The highest BCUT2D eigenvalue weighted by Crippen LogP contribution is 2.09. The van der Waals surface area contributed by atoms with Crippen molar-refractivity contribution in [3.8, 4) is 0 Å². The molecular formula is C18H27N3O5. The Labute approximate surface area is 153 Å². The van der Waals surface area contributed by atoms with Crippen LogP contribution in [0.15, 0.2) is 30.3 Å². The summed E-state index contributed by atoms with van der Waals surface area (Å²) in [6.07, 6.45) is -0.318. The van der Waals surface area contributed by atoms with Gasteiger partial charge in [-0.25, -0.2) is 4.79 Å². The maximum absolute atomic E-state index is 12.3. The molecule has 1 N–H and O–H groups in total. The number of hydrogen-bond acceptors (Lipinski definition) is 5. The normalized spacial score (nSPS) is 14.9. The van der Waals surface area contributed by atoms with Crippen LogP contribution in [-0.2, 0) is 20.9 Å². The molecule has 1 aliphatic rings. The van der Waals surface area contributed by atoms with Gasteiger partial charge in [0.1, 0.15) is 6.61 Å². The van der Waals surface area contributed by atoms with E-state index in [1.807, 2.05) is 61.2 Å². The standard InChI is InChI=1S/C17H25N3O3.CH2O2/c1-14(18(2)3)16(21)19-9-11-20(12-10-19)17(22)23-13-15-7-5-4-6-8-15;2-1-3/h4-8,14H,9-13H2,1-3H3;1H,(H,2,3). The zero-order valence-electron chi connectivity index (χ0n) is 15.5. The van der Waals surface area contributed by atoms with Gasteiger partial charge in [-0.3, -0.25) is 14.5 Å². The number of hydrogen-bond donors (Lipinski definition) is 1. The minimum Gasteiger partial charge on any atom is -0.483 e. The first-order chi connectivity index (χ1) is 12.4. The van der Waals surface area contributed by atoms with Crippen LogP contribution in [-0.4, -0.2) is 84.6 Å². The highest BCUT2D eigenvalue weighted by atomic mass is 16.6. The second-order valence-electron chi connectivity index (χ2n) is 6.10. The summed E-state index contributed by atoms with van der Waals surface area (Å²) in [6, 6.07) is 9.46. The Bertz CT molecular complexity index is 571. The highest BCUT2D eigenvalue weighted by molar-refractivity contribution is 5.81. The lowest BCUT2D eigenvalue weighted by Crippen LogP contribution is -2.54. The van der Waals surface area contributed by atoms with Crippen molar-refractivity contribution in [1.29, 1.82) is 0 Å². The summed E-state index contributed by atoms with van der Waals surface area (Å²) < 4.78 is 5.32. The molecule has 8 heteroatoms. The smallest absolute Gasteiger partial charge is 0.410 e. The zero-order chi connectivity index (χ0) is 19.5. The molecule has 1 atom stereocenters. The van der Waals surface area contributed by atoms with Gasteiger partial charge in [0.2, 0.25) is 5.91 Å². The summed E-state index contributed by atoms with van der Waals surface area (Å²) in [5.74, 6) is 0.104. The number of nitrogens with zero attached hydrogens (tertiary/aromatic N) is 3. The van der Waals surface area contributed by atoms with Gasteiger partial charge >= 0.3 is 6.09 Å². The molecule has 1 fully saturated rings. The fraction of sp³-hybridized carbons (Fsp3) is 0.500. The molecule has 2 rings (SSSR count). The topological polar surface area (TPSA) is 90.4 Å². The summed E-state index contributed by atoms with van der Waals surface area (Å²) in [6.45, 7) is 4.05. The maximum atomic E-state index is 12.3. The number of carbonyl (C=O) groups is 3. The van der Waals surface area contributed by atoms with E-state index < -0.39 is 0 Å². The Hall–Kier alpha value is -2.61. The second-order valence-corrected chi connectivity index (χ2v) is 6.10. The van der Waals surface area contributed by atoms with E-state index in [1.165, 1.54) is 0 Å². The van der Waals surface area contributed by atoms with Gasteiger partial charge in [-0.1, -0.05) is 30.3 Å². The summed E-state index contributed by atoms with van der Waals surface area (Å²) in [5.41, 5.74) is 0.967. The third-order valence-electron chi connectivity index (χ3n) is 4.19. The molecule has 1 aliphatic heterocycles. The predicted octanol–water partition coefficient (Wildman–Crippen LogP) is 1.12. The van der Waals surface area contributed by atoms with Crippen LogP contribution >= 0.6 is 0 Å². The molecule has 1 unspecified atom stereocenters. The molecule has 0 bridgehead atoms. The molecule has 0 spiro atoms. The van der Waals surface area contributed by atoms with Gasteiger partial charge < -0.3 is 19.6 Å². The molecule has 1 heterocycles. The highest BCUT2D eigenvalue weighted by Gasteiger charge is 2.28. The number of piperazine rings is 1. The lowest BCUT2D eigenvalue weighted by atomic mass is 10.2. The molecule has 1 aromatic carbocycles. The molecule has 144 valence electrons. The Morgan fingerprint density at radius 1 is 1.15 bits per heavy atom. The Balaban J connectivity index is 0.00000105. The average molecular weight is 365 g/mol. The first-order valence-corrected chi connectivity index (χ1v) is 8.39. The van der Waals surface area contributed by atoms with Gasteiger partial charge in [-0.05, 0) is 26.6 Å². The third kappa shape index (κ3) is 6.72. The van der Waals surface area contributed by atoms with Crippen molar-refractivity contribution >= 4 is 18.5 Å². The van der Waals surface area contributed by atoms with Crippen LogP contribution in [0.3, 0.4) is 0 Å². The molecule has 1 aromatic rings. The number of likely N-dealkylation sites (N-methyl/N-ethyl adjacent to an activating group) is 1. The van der Waals surface area contributed by atoms with Gasteiger partial charge in [0, 0.05) is 26.2 Å². The van der Waals surface area contributed by atoms with Crippen molar-refractivity contribution in [2.24, 2.45) is 0 Å². The monoisotopic (exact) mass is 365 g/mol. The van der Waals surface area contributed by atoms with Gasteiger partial charge in [-0.15, -0.1) is 0 Å². The van der Waals surface area contributed by atoms with Crippen molar-refractivity contribution in [1.82, 2.24) is 14.7 Å². The Morgan fingerprint density at radius 2 is 1.65 bits per heavy atom. The van der Waals surface area contributed by atoms with Gasteiger partial charge in [0.05, 0.1) is 6.04 Å². The lowest BCUT2D eigenvalue weighted by molar-refractivity contribution is -0.137. The quantitative estimate of drug-likeness (QED) is 0.804. The largest absolute Gasteiger partial charge is 0.483 e. The van der Waals surface area contributed by atoms with E-state index >= 15 is 0 Å². The molecule has 0 saturated carbocycles. The summed E-state index contributed by atoms with van der Waals surface area (Å²) >= 11 is 0. The number of carbonyl (C=O) groups excluding carboxylic acids is 2. The van der Waals surface area contributed by atoms with Crippen molar-refractivity contribution in [3.63, 3.8) is 0 Å². The number of rotatable bonds is 4. The first kappa shape index (κ1) is 21.4. The van der Waals surface area contributed by atoms with Crippen molar-refractivity contribution in [3.05, 3.63) is 35.9 Å². The van der Waals surface area contributed by atoms with Crippen molar-refractivity contribution in [2.45, 2.75) is 19.6 Å². The zero-order valence-corrected chi connectivity index (χ0v) is 15.5. The average Bonchev–Trinajstić information content (AvgIpc) is 2.66. The van der Waals surface area contributed by atoms with E-state index in [2.05, 4.69) is 0 Å². The fourth-order valence-electron chi connectivity index (χ4n) is 2.41. The fourth-order valence-corrected chi connectivity index (χ4v) is 2.41. The number of carboxylic acid groups (broad SMARTS) is 1. The minimum atomic E-state index is -0.318. The van der Waals surface area contributed by atoms with Crippen LogP contribution in [0, 0.1) is 0 Å². The molecular weight excluding hydrogens is 338 g/mol. The molecule has 1 saturated heterocycles. The van der Waals surface area contributed by atoms with E-state index in [0.717, 1.165) is 5.56 Å². The summed E-state index contributed by atoms with van der Waals surface area (Å²) in [7, 11) is 3.78. The van der Waals surface area contributed by atoms with E-state index in [-0.39, 0.29) is 31.1 Å². The van der Waals surface area contributed by atoms with Crippen molar-refractivity contribution in [2.75, 3.05) is 40.3 Å². The second kappa shape index (κ2) is 11.1. The number of ether oxygens (including phenoxy) is 1. The Morgan fingerprint density at radius 3 is 2.15 bits per heavy atom. The minimum absolute atomic E-state index is 0.104. The van der Waals surface area contributed by atoms with E-state index in [0.29, 0.717) is 26.2 Å². The van der Waals surface area contributed by atoms with E-state index in [1.54, 1.807) is 4.90 Å². The van der Waals surface area contributed by atoms with Gasteiger partial charge in [-0.2, -0.15) is 0 Å². The summed E-state index contributed by atoms with van der Waals surface area (Å²) in [4.78, 5) is 38.1. The molecule has 0 aliphatic carbocycles. The first-order valence-electron chi connectivity index (χ1n) is 8.39. The van der Waals surface area contributed by atoms with Crippen LogP contribution in [0.4, 0.5) is 4.79 Å². The molecule has 26 heavy (non-hydrogen) atoms. The van der Waals surface area contributed by atoms with E-state index in [9.17, 15) is 9.59 Å². The molecule has 0 radical (unpaired) electrons. The van der Waals surface area contributed by atoms with Gasteiger partial charge in [0.25, 0.3) is 6.47 Å². The van der Waals surface area contributed by atoms with Crippen LogP contribution in [0.5, 0.6) is 0 Å². The number of benzene rings is 1. The van der Waals surface area contributed by atoms with Crippen molar-refractivity contribution < 1.29 is 24.2 Å². The summed E-state index contributed by atoms with van der Waals surface area (Å²) in [5, 5.41) is 6.89. The Kier molecular flexibility index (Phi) is 9.14.